The molecule has 0 heterocycles. The lowest BCUT2D eigenvalue weighted by Crippen LogP contribution is -2.22. The summed E-state index contributed by atoms with van der Waals surface area (Å²) in [6.45, 7) is 7.44. The maximum Gasteiger partial charge on any atom is 0.243 e. The molecular weight excluding hydrogens is 336 g/mol. The highest BCUT2D eigenvalue weighted by molar-refractivity contribution is 5.89. The van der Waals surface area contributed by atoms with Crippen LogP contribution in [0.5, 0.6) is 0 Å². The molecular formula is C19H28N2O5. The number of rotatable bonds is 16. The van der Waals surface area contributed by atoms with Crippen LogP contribution in [0, 0.1) is 0 Å². The molecule has 0 aliphatic heterocycles. The summed E-state index contributed by atoms with van der Waals surface area (Å²) in [5, 5.41) is 5.15. The third-order valence-electron chi connectivity index (χ3n) is 3.60. The van der Waals surface area contributed by atoms with Gasteiger partial charge in [0.05, 0.1) is 0 Å². The van der Waals surface area contributed by atoms with E-state index in [4.69, 9.17) is 0 Å². The van der Waals surface area contributed by atoms with Crippen molar-refractivity contribution in [3.8, 4) is 0 Å². The Morgan fingerprint density at radius 1 is 0.577 bits per heavy atom. The van der Waals surface area contributed by atoms with Crippen LogP contribution >= 0.6 is 0 Å². The molecule has 0 aromatic heterocycles. The highest BCUT2D eigenvalue weighted by Gasteiger charge is 2.10. The predicted molar refractivity (Wildman–Crippen MR) is 98.4 cm³/mol. The second-order valence-corrected chi connectivity index (χ2v) is 5.81. The van der Waals surface area contributed by atoms with E-state index in [9.17, 15) is 24.0 Å². The van der Waals surface area contributed by atoms with Gasteiger partial charge in [0.1, 0.15) is 17.3 Å². The first kappa shape index (κ1) is 23.4. The largest absolute Gasteiger partial charge is 0.353 e. The molecule has 0 atom stereocenters. The summed E-state index contributed by atoms with van der Waals surface area (Å²) >= 11 is 0. The molecule has 144 valence electrons. The van der Waals surface area contributed by atoms with Crippen molar-refractivity contribution in [2.75, 3.05) is 13.1 Å². The van der Waals surface area contributed by atoms with Crippen molar-refractivity contribution in [2.45, 2.75) is 51.4 Å². The Balaban J connectivity index is 3.68. The van der Waals surface area contributed by atoms with Crippen molar-refractivity contribution in [3.05, 3.63) is 25.3 Å². The third kappa shape index (κ3) is 13.8. The van der Waals surface area contributed by atoms with Gasteiger partial charge in [-0.1, -0.05) is 13.2 Å². The Morgan fingerprint density at radius 3 is 1.19 bits per heavy atom. The van der Waals surface area contributed by atoms with Gasteiger partial charge in [-0.15, -0.1) is 0 Å². The van der Waals surface area contributed by atoms with Crippen molar-refractivity contribution >= 4 is 29.2 Å². The lowest BCUT2D eigenvalue weighted by molar-refractivity contribution is -0.126. The zero-order chi connectivity index (χ0) is 19.8. The first-order valence-corrected chi connectivity index (χ1v) is 8.74. The maximum atomic E-state index is 11.7. The molecule has 7 heteroatoms. The normalized spacial score (nSPS) is 9.85. The van der Waals surface area contributed by atoms with E-state index in [1.165, 1.54) is 12.2 Å². The Hall–Kier alpha value is -2.57. The van der Waals surface area contributed by atoms with Gasteiger partial charge in [-0.25, -0.2) is 0 Å². The first-order chi connectivity index (χ1) is 12.4. The standard InChI is InChI=1S/C19H28N2O5/c1-3-18(25)20-13-5-7-15(22)9-11-17(24)12-10-16(23)8-6-14-21-19(26)4-2/h3-4H,1-2,5-14H2,(H,20,25)(H,21,26). The number of amides is 2. The lowest BCUT2D eigenvalue weighted by Gasteiger charge is -2.04. The van der Waals surface area contributed by atoms with E-state index in [1.807, 2.05) is 0 Å². The fourth-order valence-electron chi connectivity index (χ4n) is 2.07. The summed E-state index contributed by atoms with van der Waals surface area (Å²) < 4.78 is 0. The van der Waals surface area contributed by atoms with Gasteiger partial charge in [0.15, 0.2) is 0 Å². The van der Waals surface area contributed by atoms with Crippen molar-refractivity contribution < 1.29 is 24.0 Å². The van der Waals surface area contributed by atoms with Gasteiger partial charge in [-0.05, 0) is 25.0 Å². The average Bonchev–Trinajstić information content (AvgIpc) is 2.64. The van der Waals surface area contributed by atoms with Crippen LogP contribution in [0.15, 0.2) is 25.3 Å². The van der Waals surface area contributed by atoms with Crippen LogP contribution in [0.4, 0.5) is 0 Å². The van der Waals surface area contributed by atoms with Crippen molar-refractivity contribution in [1.82, 2.24) is 10.6 Å². The van der Waals surface area contributed by atoms with E-state index in [0.29, 0.717) is 38.8 Å². The van der Waals surface area contributed by atoms with Gasteiger partial charge < -0.3 is 10.6 Å². The van der Waals surface area contributed by atoms with E-state index >= 15 is 0 Å². The zero-order valence-corrected chi connectivity index (χ0v) is 15.2. The van der Waals surface area contributed by atoms with Gasteiger partial charge in [0.2, 0.25) is 11.8 Å². The fraction of sp³-hybridized carbons (Fsp3) is 0.526. The molecule has 0 aliphatic carbocycles. The molecule has 0 bridgehead atoms. The summed E-state index contributed by atoms with van der Waals surface area (Å²) in [6.07, 6.45) is 4.59. The molecule has 0 unspecified atom stereocenters. The number of ketones is 3. The predicted octanol–water partition coefficient (Wildman–Crippen LogP) is 1.42. The maximum absolute atomic E-state index is 11.7. The van der Waals surface area contributed by atoms with Crippen LogP contribution in [0.25, 0.3) is 0 Å². The Labute approximate surface area is 154 Å². The quantitative estimate of drug-likeness (QED) is 0.318. The van der Waals surface area contributed by atoms with Gasteiger partial charge >= 0.3 is 0 Å². The summed E-state index contributed by atoms with van der Waals surface area (Å²) in [5.41, 5.74) is 0. The minimum absolute atomic E-state index is 0.0320. The number of carbonyl (C=O) groups is 5. The van der Waals surface area contributed by atoms with Gasteiger partial charge in [-0.3, -0.25) is 24.0 Å². The molecule has 2 N–H and O–H groups in total. The van der Waals surface area contributed by atoms with Crippen LogP contribution in [0.2, 0.25) is 0 Å². The minimum Gasteiger partial charge on any atom is -0.353 e. The van der Waals surface area contributed by atoms with E-state index in [0.717, 1.165) is 0 Å². The van der Waals surface area contributed by atoms with E-state index in [1.54, 1.807) is 0 Å². The summed E-state index contributed by atoms with van der Waals surface area (Å²) in [7, 11) is 0. The summed E-state index contributed by atoms with van der Waals surface area (Å²) in [4.78, 5) is 56.9. The monoisotopic (exact) mass is 364 g/mol. The number of hydrogen-bond donors (Lipinski definition) is 2. The topological polar surface area (TPSA) is 109 Å². The smallest absolute Gasteiger partial charge is 0.243 e. The first-order valence-electron chi connectivity index (χ1n) is 8.74. The molecule has 0 saturated heterocycles. The molecule has 0 saturated carbocycles. The van der Waals surface area contributed by atoms with Crippen molar-refractivity contribution in [1.29, 1.82) is 0 Å². The molecule has 0 rings (SSSR count). The van der Waals surface area contributed by atoms with Gasteiger partial charge in [0, 0.05) is 51.6 Å². The molecule has 0 aliphatic rings. The van der Waals surface area contributed by atoms with Crippen molar-refractivity contribution in [2.24, 2.45) is 0 Å². The SMILES string of the molecule is C=CC(=O)NCCCC(=O)CCC(=O)CCC(=O)CCCNC(=O)C=C. The summed E-state index contributed by atoms with van der Waals surface area (Å²) in [5.74, 6) is -0.724. The van der Waals surface area contributed by atoms with Crippen molar-refractivity contribution in [3.63, 3.8) is 0 Å². The van der Waals surface area contributed by atoms with E-state index < -0.39 is 0 Å². The van der Waals surface area contributed by atoms with Crippen LogP contribution < -0.4 is 10.6 Å². The molecule has 0 aromatic rings. The third-order valence-corrected chi connectivity index (χ3v) is 3.60. The Morgan fingerprint density at radius 2 is 0.885 bits per heavy atom. The number of Topliss-reactive ketones (excluding diaryl/α,β-unsaturated/α-hetero) is 3. The molecule has 0 fully saturated rings. The van der Waals surface area contributed by atoms with E-state index in [2.05, 4.69) is 23.8 Å². The van der Waals surface area contributed by atoms with Crippen LogP contribution in [-0.2, 0) is 24.0 Å². The van der Waals surface area contributed by atoms with Gasteiger partial charge in [0.25, 0.3) is 0 Å². The Kier molecular flexibility index (Phi) is 13.3. The van der Waals surface area contributed by atoms with Crippen LogP contribution in [-0.4, -0.2) is 42.3 Å². The zero-order valence-electron chi connectivity index (χ0n) is 15.2. The molecule has 0 aromatic carbocycles. The average molecular weight is 364 g/mol. The van der Waals surface area contributed by atoms with E-state index in [-0.39, 0.29) is 54.8 Å². The van der Waals surface area contributed by atoms with Crippen LogP contribution in [0.3, 0.4) is 0 Å². The second kappa shape index (κ2) is 14.7. The lowest BCUT2D eigenvalue weighted by atomic mass is 10.0. The molecule has 0 spiro atoms. The second-order valence-electron chi connectivity index (χ2n) is 5.81. The number of nitrogens with one attached hydrogen (secondary N) is 2. The molecule has 0 radical (unpaired) electrons. The Bertz CT molecular complexity index is 494. The number of hydrogen-bond acceptors (Lipinski definition) is 5. The fourth-order valence-corrected chi connectivity index (χ4v) is 2.07. The molecule has 2 amide bonds. The van der Waals surface area contributed by atoms with Gasteiger partial charge in [-0.2, -0.15) is 0 Å². The molecule has 26 heavy (non-hydrogen) atoms. The summed E-state index contributed by atoms with van der Waals surface area (Å²) in [6, 6.07) is 0. The highest BCUT2D eigenvalue weighted by Crippen LogP contribution is 2.05. The minimum atomic E-state index is -0.277. The van der Waals surface area contributed by atoms with Crippen LogP contribution in [0.1, 0.15) is 51.4 Å². The molecule has 7 nitrogen and oxygen atoms in total. The number of carbonyl (C=O) groups excluding carboxylic acids is 5. The highest BCUT2D eigenvalue weighted by atomic mass is 16.2.